The maximum absolute atomic E-state index is 11.7. The second-order valence-electron chi connectivity index (χ2n) is 3.93. The van der Waals surface area contributed by atoms with Gasteiger partial charge < -0.3 is 20.5 Å². The summed E-state index contributed by atoms with van der Waals surface area (Å²) in [4.78, 5) is 11.7. The van der Waals surface area contributed by atoms with Crippen molar-refractivity contribution in [2.75, 3.05) is 26.4 Å². The molecule has 0 heterocycles. The van der Waals surface area contributed by atoms with Crippen molar-refractivity contribution in [2.24, 2.45) is 0 Å². The van der Waals surface area contributed by atoms with Gasteiger partial charge in [-0.15, -0.1) is 0 Å². The van der Waals surface area contributed by atoms with Gasteiger partial charge in [0.2, 0.25) is 0 Å². The van der Waals surface area contributed by atoms with E-state index in [1.54, 1.807) is 0 Å². The first kappa shape index (κ1) is 17.4. The van der Waals surface area contributed by atoms with E-state index in [0.717, 1.165) is 0 Å². The van der Waals surface area contributed by atoms with Crippen molar-refractivity contribution in [3.8, 4) is 6.07 Å². The molecule has 0 rings (SSSR count). The number of ether oxygens (including phenoxy) is 1. The Kier molecular flexibility index (Phi) is 10.6. The summed E-state index contributed by atoms with van der Waals surface area (Å²) in [7, 11) is 0. The number of aliphatic hydroxyl groups is 1. The number of nitrogens with zero attached hydrogens (tertiary/aromatic N) is 1. The van der Waals surface area contributed by atoms with E-state index in [2.05, 4.69) is 10.6 Å². The number of carbonyl (C=O) groups is 1. The number of carbonyl (C=O) groups excluding carboxylic acids is 1. The zero-order chi connectivity index (χ0) is 14.5. The van der Waals surface area contributed by atoms with Crippen LogP contribution in [-0.2, 0) is 9.53 Å². The van der Waals surface area contributed by atoms with Gasteiger partial charge in [0.1, 0.15) is 11.6 Å². The smallest absolute Gasteiger partial charge is 0.263 e. The molecule has 6 nitrogen and oxygen atoms in total. The fourth-order valence-electron chi connectivity index (χ4n) is 1.27. The minimum absolute atomic E-state index is 0.00306. The van der Waals surface area contributed by atoms with E-state index < -0.39 is 5.91 Å². The molecule has 0 radical (unpaired) electrons. The molecular weight excluding hydrogens is 246 g/mol. The van der Waals surface area contributed by atoms with Crippen LogP contribution < -0.4 is 10.6 Å². The van der Waals surface area contributed by atoms with Crippen LogP contribution in [0.15, 0.2) is 11.8 Å². The van der Waals surface area contributed by atoms with E-state index in [-0.39, 0.29) is 18.2 Å². The standard InChI is InChI=1S/C13H23N3O3/c1-3-12(10-17)16-9-11(8-14)13(18)15-6-5-7-19-4-2/h9,12,16-17H,3-7,10H2,1-2H3,(H,15,18)/b11-9-. The van der Waals surface area contributed by atoms with Gasteiger partial charge in [-0.2, -0.15) is 5.26 Å². The Balaban J connectivity index is 4.10. The molecule has 6 heteroatoms. The van der Waals surface area contributed by atoms with Crippen molar-refractivity contribution in [3.63, 3.8) is 0 Å². The molecule has 0 saturated heterocycles. The molecule has 0 aromatic heterocycles. The van der Waals surface area contributed by atoms with Crippen molar-refractivity contribution in [1.82, 2.24) is 10.6 Å². The molecule has 1 atom stereocenters. The van der Waals surface area contributed by atoms with Crippen LogP contribution in [0.1, 0.15) is 26.7 Å². The first-order valence-electron chi connectivity index (χ1n) is 6.52. The second-order valence-corrected chi connectivity index (χ2v) is 3.93. The average molecular weight is 269 g/mol. The molecule has 0 spiro atoms. The van der Waals surface area contributed by atoms with Crippen LogP contribution in [0, 0.1) is 11.3 Å². The highest BCUT2D eigenvalue weighted by Crippen LogP contribution is 1.94. The summed E-state index contributed by atoms with van der Waals surface area (Å²) in [6.07, 6.45) is 2.77. The number of hydrogen-bond acceptors (Lipinski definition) is 5. The fraction of sp³-hybridized carbons (Fsp3) is 0.692. The zero-order valence-corrected chi connectivity index (χ0v) is 11.6. The van der Waals surface area contributed by atoms with Gasteiger partial charge in [-0.1, -0.05) is 6.92 Å². The van der Waals surface area contributed by atoms with E-state index in [0.29, 0.717) is 32.6 Å². The van der Waals surface area contributed by atoms with Crippen LogP contribution in [0.5, 0.6) is 0 Å². The Hall–Kier alpha value is -1.58. The third-order valence-corrected chi connectivity index (χ3v) is 2.50. The topological polar surface area (TPSA) is 94.4 Å². The monoisotopic (exact) mass is 269 g/mol. The predicted octanol–water partition coefficient (Wildman–Crippen LogP) is 0.297. The third-order valence-electron chi connectivity index (χ3n) is 2.50. The molecule has 0 aliphatic carbocycles. The number of nitriles is 1. The van der Waals surface area contributed by atoms with Gasteiger partial charge in [0, 0.05) is 32.0 Å². The highest BCUT2D eigenvalue weighted by Gasteiger charge is 2.09. The van der Waals surface area contributed by atoms with Gasteiger partial charge >= 0.3 is 0 Å². The first-order chi connectivity index (χ1) is 9.19. The van der Waals surface area contributed by atoms with Crippen LogP contribution in [0.25, 0.3) is 0 Å². The molecule has 1 unspecified atom stereocenters. The lowest BCUT2D eigenvalue weighted by Gasteiger charge is -2.11. The van der Waals surface area contributed by atoms with Crippen molar-refractivity contribution in [1.29, 1.82) is 5.26 Å². The van der Waals surface area contributed by atoms with Gasteiger partial charge in [-0.25, -0.2) is 0 Å². The summed E-state index contributed by atoms with van der Waals surface area (Å²) in [5.41, 5.74) is 0.00306. The molecule has 19 heavy (non-hydrogen) atoms. The largest absolute Gasteiger partial charge is 0.394 e. The van der Waals surface area contributed by atoms with Gasteiger partial charge in [0.15, 0.2) is 0 Å². The molecule has 0 aromatic carbocycles. The minimum Gasteiger partial charge on any atom is -0.394 e. The maximum Gasteiger partial charge on any atom is 0.263 e. The van der Waals surface area contributed by atoms with E-state index in [1.165, 1.54) is 6.20 Å². The van der Waals surface area contributed by atoms with Crippen molar-refractivity contribution in [2.45, 2.75) is 32.7 Å². The summed E-state index contributed by atoms with van der Waals surface area (Å²) in [5.74, 6) is -0.417. The lowest BCUT2D eigenvalue weighted by molar-refractivity contribution is -0.117. The number of hydrogen-bond donors (Lipinski definition) is 3. The molecule has 0 aromatic rings. The fourth-order valence-corrected chi connectivity index (χ4v) is 1.27. The van der Waals surface area contributed by atoms with Gasteiger partial charge in [-0.3, -0.25) is 4.79 Å². The maximum atomic E-state index is 11.7. The van der Waals surface area contributed by atoms with Gasteiger partial charge in [0.25, 0.3) is 5.91 Å². The number of rotatable bonds is 10. The van der Waals surface area contributed by atoms with E-state index >= 15 is 0 Å². The lowest BCUT2D eigenvalue weighted by atomic mass is 10.2. The molecule has 3 N–H and O–H groups in total. The quantitative estimate of drug-likeness (QED) is 0.301. The molecule has 0 fully saturated rings. The van der Waals surface area contributed by atoms with Crippen LogP contribution in [-0.4, -0.2) is 43.4 Å². The average Bonchev–Trinajstić information content (AvgIpc) is 2.43. The predicted molar refractivity (Wildman–Crippen MR) is 72.1 cm³/mol. The van der Waals surface area contributed by atoms with E-state index in [1.807, 2.05) is 19.9 Å². The minimum atomic E-state index is -0.417. The highest BCUT2D eigenvalue weighted by molar-refractivity contribution is 5.97. The molecule has 0 bridgehead atoms. The van der Waals surface area contributed by atoms with Crippen LogP contribution in [0.3, 0.4) is 0 Å². The van der Waals surface area contributed by atoms with Crippen molar-refractivity contribution in [3.05, 3.63) is 11.8 Å². The Bertz CT molecular complexity index is 320. The van der Waals surface area contributed by atoms with Crippen molar-refractivity contribution < 1.29 is 14.6 Å². The van der Waals surface area contributed by atoms with Crippen LogP contribution in [0.4, 0.5) is 0 Å². The summed E-state index contributed by atoms with van der Waals surface area (Å²) in [6.45, 7) is 5.48. The summed E-state index contributed by atoms with van der Waals surface area (Å²) in [5, 5.41) is 23.4. The van der Waals surface area contributed by atoms with Gasteiger partial charge in [-0.05, 0) is 19.8 Å². The Labute approximate surface area is 114 Å². The number of aliphatic hydroxyl groups excluding tert-OH is 1. The van der Waals surface area contributed by atoms with Crippen molar-refractivity contribution >= 4 is 5.91 Å². The number of nitrogens with one attached hydrogen (secondary N) is 2. The Morgan fingerprint density at radius 1 is 1.53 bits per heavy atom. The Morgan fingerprint density at radius 3 is 2.79 bits per heavy atom. The number of amides is 1. The highest BCUT2D eigenvalue weighted by atomic mass is 16.5. The second kappa shape index (κ2) is 11.5. The summed E-state index contributed by atoms with van der Waals surface area (Å²) >= 11 is 0. The lowest BCUT2D eigenvalue weighted by Crippen LogP contribution is -2.31. The Morgan fingerprint density at radius 2 is 2.26 bits per heavy atom. The molecular formula is C13H23N3O3. The van der Waals surface area contributed by atoms with E-state index in [4.69, 9.17) is 15.1 Å². The third kappa shape index (κ3) is 8.19. The summed E-state index contributed by atoms with van der Waals surface area (Å²) in [6, 6.07) is 1.69. The van der Waals surface area contributed by atoms with Gasteiger partial charge in [0.05, 0.1) is 6.61 Å². The molecule has 108 valence electrons. The SMILES string of the molecule is CCOCCCNC(=O)/C(C#N)=C\NC(CC)CO. The normalized spacial score (nSPS) is 12.6. The van der Waals surface area contributed by atoms with Crippen LogP contribution >= 0.6 is 0 Å². The van der Waals surface area contributed by atoms with E-state index in [9.17, 15) is 4.79 Å². The molecule has 1 amide bonds. The van der Waals surface area contributed by atoms with Crippen LogP contribution in [0.2, 0.25) is 0 Å². The molecule has 0 saturated carbocycles. The molecule has 0 aliphatic heterocycles. The molecule has 0 aliphatic rings. The summed E-state index contributed by atoms with van der Waals surface area (Å²) < 4.78 is 5.14. The zero-order valence-electron chi connectivity index (χ0n) is 11.6. The first-order valence-corrected chi connectivity index (χ1v) is 6.52.